The smallest absolute Gasteiger partial charge is 0.259 e. The Hall–Kier alpha value is -1.24. The molecule has 2 unspecified atom stereocenters. The number of likely N-dealkylation sites (tertiary alicyclic amines) is 1. The van der Waals surface area contributed by atoms with Crippen molar-refractivity contribution in [1.29, 1.82) is 0 Å². The van der Waals surface area contributed by atoms with Crippen LogP contribution in [-0.4, -0.2) is 47.6 Å². The van der Waals surface area contributed by atoms with E-state index in [9.17, 15) is 14.7 Å². The van der Waals surface area contributed by atoms with Crippen LogP contribution in [0.4, 0.5) is 0 Å². The van der Waals surface area contributed by atoms with Crippen molar-refractivity contribution in [3.63, 3.8) is 0 Å². The second-order valence-corrected chi connectivity index (χ2v) is 6.28. The molecule has 0 aromatic heterocycles. The number of carbonyl (C=O) groups excluding carboxylic acids is 2. The zero-order valence-corrected chi connectivity index (χ0v) is 13.5. The van der Waals surface area contributed by atoms with Crippen LogP contribution in [-0.2, 0) is 4.79 Å². The number of hydrogen-bond acceptors (Lipinski definition) is 4. The molecule has 0 bridgehead atoms. The molecule has 2 N–H and O–H groups in total. The summed E-state index contributed by atoms with van der Waals surface area (Å²) in [4.78, 5) is 25.8. The standard InChI is InChI=1S/C15H19BrN2O3/c1-10-6-7-18(8-13(10)19)9-14(20)17-15(21)11-4-2-3-5-12(11)16/h2-5,10,13,19H,6-9H2,1H3,(H,17,20,21). The summed E-state index contributed by atoms with van der Waals surface area (Å²) in [6, 6.07) is 6.95. The predicted molar refractivity (Wildman–Crippen MR) is 82.8 cm³/mol. The molecule has 21 heavy (non-hydrogen) atoms. The quantitative estimate of drug-likeness (QED) is 0.860. The summed E-state index contributed by atoms with van der Waals surface area (Å²) in [5, 5.41) is 12.2. The average molecular weight is 355 g/mol. The van der Waals surface area contributed by atoms with E-state index < -0.39 is 12.0 Å². The molecule has 2 rings (SSSR count). The molecule has 0 aliphatic carbocycles. The molecule has 1 aromatic rings. The highest BCUT2D eigenvalue weighted by atomic mass is 79.9. The number of aliphatic hydroxyl groups is 1. The third kappa shape index (κ3) is 4.36. The van der Waals surface area contributed by atoms with Gasteiger partial charge in [-0.1, -0.05) is 19.1 Å². The number of nitrogens with one attached hydrogen (secondary N) is 1. The zero-order chi connectivity index (χ0) is 15.4. The molecule has 0 saturated carbocycles. The lowest BCUT2D eigenvalue weighted by Crippen LogP contribution is -2.47. The Kier molecular flexibility index (Phi) is 5.50. The predicted octanol–water partition coefficient (Wildman–Crippen LogP) is 1.41. The Morgan fingerprint density at radius 2 is 2.14 bits per heavy atom. The van der Waals surface area contributed by atoms with Crippen molar-refractivity contribution in [3.8, 4) is 0 Å². The third-order valence-corrected chi connectivity index (χ3v) is 4.43. The molecule has 1 fully saturated rings. The number of aliphatic hydroxyl groups excluding tert-OH is 1. The molecule has 1 heterocycles. The number of nitrogens with zero attached hydrogens (tertiary/aromatic N) is 1. The van der Waals surface area contributed by atoms with E-state index in [0.717, 1.165) is 13.0 Å². The van der Waals surface area contributed by atoms with Crippen LogP contribution < -0.4 is 5.32 Å². The van der Waals surface area contributed by atoms with Gasteiger partial charge in [0.25, 0.3) is 5.91 Å². The molecular weight excluding hydrogens is 336 g/mol. The summed E-state index contributed by atoms with van der Waals surface area (Å²) in [7, 11) is 0. The van der Waals surface area contributed by atoms with Gasteiger partial charge in [-0.15, -0.1) is 0 Å². The van der Waals surface area contributed by atoms with E-state index >= 15 is 0 Å². The molecule has 1 saturated heterocycles. The van der Waals surface area contributed by atoms with Crippen molar-refractivity contribution in [2.45, 2.75) is 19.4 Å². The largest absolute Gasteiger partial charge is 0.392 e. The number of piperidine rings is 1. The minimum atomic E-state index is -0.418. The number of imide groups is 1. The lowest BCUT2D eigenvalue weighted by atomic mass is 9.96. The van der Waals surface area contributed by atoms with Crippen LogP contribution in [0.25, 0.3) is 0 Å². The van der Waals surface area contributed by atoms with E-state index in [1.807, 2.05) is 11.8 Å². The highest BCUT2D eigenvalue weighted by Gasteiger charge is 2.25. The highest BCUT2D eigenvalue weighted by Crippen LogP contribution is 2.17. The first-order valence-corrected chi connectivity index (χ1v) is 7.76. The molecule has 1 aliphatic heterocycles. The second-order valence-electron chi connectivity index (χ2n) is 5.43. The van der Waals surface area contributed by atoms with Gasteiger partial charge >= 0.3 is 0 Å². The fourth-order valence-electron chi connectivity index (χ4n) is 2.34. The zero-order valence-electron chi connectivity index (χ0n) is 11.9. The van der Waals surface area contributed by atoms with Gasteiger partial charge in [0.15, 0.2) is 0 Å². The average Bonchev–Trinajstić information content (AvgIpc) is 2.43. The maximum Gasteiger partial charge on any atom is 0.259 e. The Balaban J connectivity index is 1.88. The van der Waals surface area contributed by atoms with Crippen LogP contribution in [0, 0.1) is 5.92 Å². The van der Waals surface area contributed by atoms with E-state index in [4.69, 9.17) is 0 Å². The van der Waals surface area contributed by atoms with Crippen molar-refractivity contribution in [2.75, 3.05) is 19.6 Å². The van der Waals surface area contributed by atoms with Gasteiger partial charge < -0.3 is 5.11 Å². The minimum absolute atomic E-state index is 0.125. The van der Waals surface area contributed by atoms with Gasteiger partial charge in [0.1, 0.15) is 0 Å². The van der Waals surface area contributed by atoms with E-state index in [1.54, 1.807) is 24.3 Å². The van der Waals surface area contributed by atoms with Crippen LogP contribution in [0.2, 0.25) is 0 Å². The van der Waals surface area contributed by atoms with Gasteiger partial charge in [0.05, 0.1) is 18.2 Å². The number of hydrogen-bond donors (Lipinski definition) is 2. The molecule has 2 amide bonds. The van der Waals surface area contributed by atoms with Crippen LogP contribution in [0.5, 0.6) is 0 Å². The Morgan fingerprint density at radius 1 is 1.43 bits per heavy atom. The summed E-state index contributed by atoms with van der Waals surface area (Å²) < 4.78 is 0.650. The molecule has 1 aromatic carbocycles. The van der Waals surface area contributed by atoms with Crippen molar-refractivity contribution in [1.82, 2.24) is 10.2 Å². The highest BCUT2D eigenvalue weighted by molar-refractivity contribution is 9.10. The maximum absolute atomic E-state index is 12.0. The van der Waals surface area contributed by atoms with E-state index in [0.29, 0.717) is 16.6 Å². The molecule has 0 spiro atoms. The van der Waals surface area contributed by atoms with E-state index in [1.165, 1.54) is 0 Å². The first kappa shape index (κ1) is 16.1. The SMILES string of the molecule is CC1CCN(CC(=O)NC(=O)c2ccccc2Br)CC1O. The van der Waals surface area contributed by atoms with Gasteiger partial charge in [0.2, 0.25) is 5.91 Å². The lowest BCUT2D eigenvalue weighted by Gasteiger charge is -2.33. The van der Waals surface area contributed by atoms with Crippen molar-refractivity contribution in [3.05, 3.63) is 34.3 Å². The lowest BCUT2D eigenvalue weighted by molar-refractivity contribution is -0.122. The Morgan fingerprint density at radius 3 is 2.81 bits per heavy atom. The summed E-state index contributed by atoms with van der Waals surface area (Å²) in [6.45, 7) is 3.35. The van der Waals surface area contributed by atoms with Gasteiger partial charge in [0, 0.05) is 11.0 Å². The molecule has 6 heteroatoms. The molecule has 5 nitrogen and oxygen atoms in total. The third-order valence-electron chi connectivity index (χ3n) is 3.74. The van der Waals surface area contributed by atoms with Crippen LogP contribution in [0.15, 0.2) is 28.7 Å². The molecule has 1 aliphatic rings. The molecule has 2 atom stereocenters. The number of β-amino-alcohol motifs (C(OH)–C–C–N with tert-alkyl or cyclic N) is 1. The Labute approximate surface area is 132 Å². The van der Waals surface area contributed by atoms with E-state index in [2.05, 4.69) is 21.2 Å². The number of rotatable bonds is 3. The fraction of sp³-hybridized carbons (Fsp3) is 0.467. The van der Waals surface area contributed by atoms with Gasteiger partial charge in [-0.05, 0) is 46.9 Å². The number of amides is 2. The topological polar surface area (TPSA) is 69.6 Å². The monoisotopic (exact) mass is 354 g/mol. The first-order chi connectivity index (χ1) is 9.97. The van der Waals surface area contributed by atoms with Crippen LogP contribution in [0.1, 0.15) is 23.7 Å². The van der Waals surface area contributed by atoms with Crippen LogP contribution in [0.3, 0.4) is 0 Å². The summed E-state index contributed by atoms with van der Waals surface area (Å²) in [5.74, 6) is -0.512. The van der Waals surface area contributed by atoms with E-state index in [-0.39, 0.29) is 18.4 Å². The summed E-state index contributed by atoms with van der Waals surface area (Å²) in [5.41, 5.74) is 0.429. The van der Waals surface area contributed by atoms with Crippen LogP contribution >= 0.6 is 15.9 Å². The fourth-order valence-corrected chi connectivity index (χ4v) is 2.80. The Bertz CT molecular complexity index is 535. The summed E-state index contributed by atoms with van der Waals surface area (Å²) >= 11 is 3.28. The molecule has 114 valence electrons. The summed E-state index contributed by atoms with van der Waals surface area (Å²) in [6.07, 6.45) is 0.442. The maximum atomic E-state index is 12.0. The molecule has 0 radical (unpaired) electrons. The van der Waals surface area contributed by atoms with Crippen molar-refractivity contribution < 1.29 is 14.7 Å². The van der Waals surface area contributed by atoms with Gasteiger partial charge in [-0.25, -0.2) is 0 Å². The van der Waals surface area contributed by atoms with Gasteiger partial charge in [-0.2, -0.15) is 0 Å². The van der Waals surface area contributed by atoms with Crippen molar-refractivity contribution >= 4 is 27.7 Å². The number of benzene rings is 1. The minimum Gasteiger partial charge on any atom is -0.392 e. The second kappa shape index (κ2) is 7.15. The normalized spacial score (nSPS) is 22.8. The number of carbonyl (C=O) groups is 2. The molecular formula is C15H19BrN2O3. The van der Waals surface area contributed by atoms with Gasteiger partial charge in [-0.3, -0.25) is 19.8 Å². The van der Waals surface area contributed by atoms with Crippen molar-refractivity contribution in [2.24, 2.45) is 5.92 Å². The first-order valence-electron chi connectivity index (χ1n) is 6.96. The number of halogens is 1.